The molecule has 0 N–H and O–H groups in total. The third kappa shape index (κ3) is 5.67. The Labute approximate surface area is 138 Å². The highest BCUT2D eigenvalue weighted by Crippen LogP contribution is 2.20. The van der Waals surface area contributed by atoms with Crippen molar-refractivity contribution in [2.75, 3.05) is 20.3 Å². The number of carbonyl (C=O) groups is 1. The van der Waals surface area contributed by atoms with Crippen molar-refractivity contribution >= 4 is 12.2 Å². The minimum absolute atomic E-state index is 0.320. The summed E-state index contributed by atoms with van der Waals surface area (Å²) < 4.78 is 10.8. The van der Waals surface area contributed by atoms with E-state index in [1.165, 1.54) is 5.57 Å². The maximum atomic E-state index is 12.1. The van der Waals surface area contributed by atoms with Crippen LogP contribution in [-0.4, -0.2) is 41.8 Å². The largest absolute Gasteiger partial charge is 0.444 e. The Kier molecular flexibility index (Phi) is 5.77. The zero-order chi connectivity index (χ0) is 16.9. The van der Waals surface area contributed by atoms with Crippen LogP contribution < -0.4 is 0 Å². The number of pyridine rings is 1. The van der Waals surface area contributed by atoms with Crippen molar-refractivity contribution in [2.45, 2.75) is 45.8 Å². The zero-order valence-corrected chi connectivity index (χ0v) is 14.5. The first-order valence-electron chi connectivity index (χ1n) is 7.99. The number of ether oxygens (including phenoxy) is 2. The molecule has 0 aliphatic carbocycles. The lowest BCUT2D eigenvalue weighted by Crippen LogP contribution is -2.34. The van der Waals surface area contributed by atoms with Crippen LogP contribution in [0.2, 0.25) is 0 Å². The average Bonchev–Trinajstić information content (AvgIpc) is 2.48. The first-order valence-corrected chi connectivity index (χ1v) is 7.99. The summed E-state index contributed by atoms with van der Waals surface area (Å²) in [6, 6.07) is 1.95. The molecule has 0 aromatic carbocycles. The number of hydrogen-bond donors (Lipinski definition) is 0. The van der Waals surface area contributed by atoms with Crippen molar-refractivity contribution in [1.29, 1.82) is 0 Å². The Balaban J connectivity index is 2.09. The molecule has 1 aliphatic heterocycles. The average molecular weight is 318 g/mol. The summed E-state index contributed by atoms with van der Waals surface area (Å²) in [4.78, 5) is 17.9. The number of hydrogen-bond acceptors (Lipinski definition) is 4. The highest BCUT2D eigenvalue weighted by molar-refractivity contribution is 5.68. The van der Waals surface area contributed by atoms with Crippen LogP contribution in [0, 0.1) is 0 Å². The normalized spacial score (nSPS) is 15.2. The molecule has 5 heteroatoms. The van der Waals surface area contributed by atoms with Crippen LogP contribution in [0.3, 0.4) is 0 Å². The number of rotatable bonds is 3. The molecule has 126 valence electrons. The van der Waals surface area contributed by atoms with Gasteiger partial charge in [-0.2, -0.15) is 0 Å². The third-order valence-electron chi connectivity index (χ3n) is 3.55. The van der Waals surface area contributed by atoms with Gasteiger partial charge in [0, 0.05) is 26.0 Å². The van der Waals surface area contributed by atoms with Crippen LogP contribution in [0.25, 0.3) is 6.08 Å². The Morgan fingerprint density at radius 2 is 2.09 bits per heavy atom. The van der Waals surface area contributed by atoms with Gasteiger partial charge in [-0.05, 0) is 50.8 Å². The number of nitrogens with zero attached hydrogens (tertiary/aromatic N) is 2. The lowest BCUT2D eigenvalue weighted by atomic mass is 10.0. The molecule has 5 nitrogen and oxygen atoms in total. The fourth-order valence-electron chi connectivity index (χ4n) is 2.37. The molecule has 1 saturated heterocycles. The van der Waals surface area contributed by atoms with E-state index in [1.54, 1.807) is 18.1 Å². The summed E-state index contributed by atoms with van der Waals surface area (Å²) >= 11 is 0. The summed E-state index contributed by atoms with van der Waals surface area (Å²) in [6.07, 6.45) is 7.37. The molecule has 1 aliphatic rings. The van der Waals surface area contributed by atoms with Gasteiger partial charge in [0.1, 0.15) is 5.60 Å². The molecule has 23 heavy (non-hydrogen) atoms. The molecule has 2 rings (SSSR count). The summed E-state index contributed by atoms with van der Waals surface area (Å²) in [5.74, 6) is 0. The van der Waals surface area contributed by atoms with Gasteiger partial charge in [0.25, 0.3) is 0 Å². The predicted octanol–water partition coefficient (Wildman–Crippen LogP) is 3.64. The van der Waals surface area contributed by atoms with Crippen LogP contribution in [0.4, 0.5) is 4.79 Å². The van der Waals surface area contributed by atoms with Crippen molar-refractivity contribution < 1.29 is 14.3 Å². The van der Waals surface area contributed by atoms with E-state index >= 15 is 0 Å². The quantitative estimate of drug-likeness (QED) is 0.854. The van der Waals surface area contributed by atoms with Crippen LogP contribution in [-0.2, 0) is 16.0 Å². The maximum Gasteiger partial charge on any atom is 0.410 e. The Hall–Kier alpha value is -1.88. The fraction of sp³-hybridized carbons (Fsp3) is 0.556. The van der Waals surface area contributed by atoms with Gasteiger partial charge in [0.05, 0.1) is 13.2 Å². The van der Waals surface area contributed by atoms with Crippen molar-refractivity contribution in [3.05, 3.63) is 35.2 Å². The van der Waals surface area contributed by atoms with Gasteiger partial charge < -0.3 is 14.4 Å². The van der Waals surface area contributed by atoms with E-state index in [4.69, 9.17) is 9.47 Å². The van der Waals surface area contributed by atoms with E-state index < -0.39 is 5.60 Å². The summed E-state index contributed by atoms with van der Waals surface area (Å²) in [5, 5.41) is 0. The van der Waals surface area contributed by atoms with E-state index in [0.29, 0.717) is 6.54 Å². The second-order valence-electron chi connectivity index (χ2n) is 6.83. The summed E-state index contributed by atoms with van der Waals surface area (Å²) in [7, 11) is 1.75. The van der Waals surface area contributed by atoms with Crippen LogP contribution in [0.15, 0.2) is 24.0 Å². The second-order valence-corrected chi connectivity index (χ2v) is 6.83. The van der Waals surface area contributed by atoms with Gasteiger partial charge in [-0.25, -0.2) is 4.79 Å². The highest BCUT2D eigenvalue weighted by Gasteiger charge is 2.20. The predicted molar refractivity (Wildman–Crippen MR) is 90.0 cm³/mol. The lowest BCUT2D eigenvalue weighted by Gasteiger charge is -2.25. The highest BCUT2D eigenvalue weighted by atomic mass is 16.6. The van der Waals surface area contributed by atoms with Crippen LogP contribution in [0.1, 0.15) is 44.7 Å². The van der Waals surface area contributed by atoms with E-state index in [2.05, 4.69) is 11.1 Å². The molecule has 2 heterocycles. The fourth-order valence-corrected chi connectivity index (χ4v) is 2.37. The Morgan fingerprint density at radius 1 is 1.39 bits per heavy atom. The molecule has 1 fully saturated rings. The Bertz CT molecular complexity index is 568. The first kappa shape index (κ1) is 17.5. The summed E-state index contributed by atoms with van der Waals surface area (Å²) in [6.45, 7) is 7.65. The number of aromatic nitrogens is 1. The molecule has 1 aromatic heterocycles. The van der Waals surface area contributed by atoms with E-state index in [1.807, 2.05) is 33.0 Å². The molecule has 0 radical (unpaired) electrons. The zero-order valence-electron chi connectivity index (χ0n) is 14.5. The second kappa shape index (κ2) is 7.59. The van der Waals surface area contributed by atoms with Gasteiger partial charge in [0.15, 0.2) is 0 Å². The Morgan fingerprint density at radius 3 is 2.74 bits per heavy atom. The number of carbonyl (C=O) groups excluding carboxylic acids is 1. The SMILES string of the molecule is CN(Cc1ccncc1C=C1CCOCC1)C(=O)OC(C)(C)C. The summed E-state index contributed by atoms with van der Waals surface area (Å²) in [5.41, 5.74) is 2.99. The first-order chi connectivity index (χ1) is 10.8. The van der Waals surface area contributed by atoms with E-state index in [-0.39, 0.29) is 6.09 Å². The monoisotopic (exact) mass is 318 g/mol. The van der Waals surface area contributed by atoms with Crippen LogP contribution in [0.5, 0.6) is 0 Å². The van der Waals surface area contributed by atoms with Crippen LogP contribution >= 0.6 is 0 Å². The molecule has 1 amide bonds. The van der Waals surface area contributed by atoms with Gasteiger partial charge in [-0.3, -0.25) is 4.98 Å². The van der Waals surface area contributed by atoms with Crippen molar-refractivity contribution in [3.8, 4) is 0 Å². The maximum absolute atomic E-state index is 12.1. The molecular weight excluding hydrogens is 292 g/mol. The van der Waals surface area contributed by atoms with Crippen molar-refractivity contribution in [3.63, 3.8) is 0 Å². The molecular formula is C18H26N2O3. The van der Waals surface area contributed by atoms with Gasteiger partial charge in [-0.1, -0.05) is 11.6 Å². The standard InChI is InChI=1S/C18H26N2O3/c1-18(2,3)23-17(21)20(4)13-15-5-8-19-12-16(15)11-14-6-9-22-10-7-14/h5,8,11-12H,6-7,9-10,13H2,1-4H3. The molecule has 0 bridgehead atoms. The topological polar surface area (TPSA) is 51.7 Å². The van der Waals surface area contributed by atoms with Crippen molar-refractivity contribution in [2.24, 2.45) is 0 Å². The van der Waals surface area contributed by atoms with Gasteiger partial charge in [-0.15, -0.1) is 0 Å². The molecule has 0 saturated carbocycles. The smallest absolute Gasteiger partial charge is 0.410 e. The molecule has 0 atom stereocenters. The van der Waals surface area contributed by atoms with Gasteiger partial charge >= 0.3 is 6.09 Å². The molecule has 0 spiro atoms. The third-order valence-corrected chi connectivity index (χ3v) is 3.55. The molecule has 0 unspecified atom stereocenters. The lowest BCUT2D eigenvalue weighted by molar-refractivity contribution is 0.0285. The van der Waals surface area contributed by atoms with E-state index in [0.717, 1.165) is 37.2 Å². The minimum Gasteiger partial charge on any atom is -0.444 e. The minimum atomic E-state index is -0.490. The van der Waals surface area contributed by atoms with E-state index in [9.17, 15) is 4.79 Å². The van der Waals surface area contributed by atoms with Crippen molar-refractivity contribution in [1.82, 2.24) is 9.88 Å². The number of amides is 1. The molecule has 1 aromatic rings. The van der Waals surface area contributed by atoms with Gasteiger partial charge in [0.2, 0.25) is 0 Å².